The molecule has 0 bridgehead atoms. The highest BCUT2D eigenvalue weighted by Gasteiger charge is 2.33. The molecule has 0 unspecified atom stereocenters. The van der Waals surface area contributed by atoms with E-state index in [-0.39, 0.29) is 24.1 Å². The number of pyridine rings is 1. The first-order chi connectivity index (χ1) is 15.6. The van der Waals surface area contributed by atoms with Gasteiger partial charge in [-0.15, -0.1) is 0 Å². The minimum absolute atomic E-state index is 0.217. The summed E-state index contributed by atoms with van der Waals surface area (Å²) in [5.74, 6) is 0.927. The van der Waals surface area contributed by atoms with Crippen LogP contribution in [0, 0.1) is 0 Å². The molecular weight excluding hydrogens is 444 g/mol. The van der Waals surface area contributed by atoms with Crippen LogP contribution in [-0.4, -0.2) is 30.6 Å². The molecule has 0 aromatic carbocycles. The van der Waals surface area contributed by atoms with Crippen molar-refractivity contribution < 1.29 is 9.21 Å². The third kappa shape index (κ3) is 4.10. The quantitative estimate of drug-likeness (QED) is 0.440. The van der Waals surface area contributed by atoms with Crippen LogP contribution in [0.2, 0.25) is 0 Å². The zero-order chi connectivity index (χ0) is 22.1. The lowest BCUT2D eigenvalue weighted by Gasteiger charge is -2.24. The summed E-state index contributed by atoms with van der Waals surface area (Å²) in [5.41, 5.74) is 0.723. The Morgan fingerprint density at radius 3 is 2.81 bits per heavy atom. The van der Waals surface area contributed by atoms with E-state index in [1.54, 1.807) is 42.8 Å². The van der Waals surface area contributed by atoms with Crippen molar-refractivity contribution in [3.05, 3.63) is 69.4 Å². The fourth-order valence-corrected chi connectivity index (χ4v) is 5.35. The second kappa shape index (κ2) is 8.91. The van der Waals surface area contributed by atoms with Crippen molar-refractivity contribution in [2.75, 3.05) is 5.32 Å². The van der Waals surface area contributed by atoms with Crippen molar-refractivity contribution >= 4 is 51.7 Å². The molecule has 1 N–H and O–H groups in total. The van der Waals surface area contributed by atoms with E-state index in [9.17, 15) is 9.59 Å². The molecule has 2 aliphatic rings. The lowest BCUT2D eigenvalue weighted by molar-refractivity contribution is -0.122. The van der Waals surface area contributed by atoms with Gasteiger partial charge in [-0.05, 0) is 43.2 Å². The highest BCUT2D eigenvalue weighted by molar-refractivity contribution is 8.26. The van der Waals surface area contributed by atoms with Crippen LogP contribution in [0.1, 0.15) is 43.4 Å². The number of carbonyl (C=O) groups excluding carboxylic acids is 1. The molecule has 32 heavy (non-hydrogen) atoms. The Kier molecular flexibility index (Phi) is 5.84. The van der Waals surface area contributed by atoms with E-state index < -0.39 is 0 Å². The van der Waals surface area contributed by atoms with Crippen LogP contribution in [0.25, 0.3) is 11.7 Å². The minimum atomic E-state index is -0.238. The molecule has 1 amide bonds. The normalized spacial score (nSPS) is 18.8. The van der Waals surface area contributed by atoms with Crippen molar-refractivity contribution in [2.24, 2.45) is 0 Å². The molecular formula is C23H22N4O3S2. The highest BCUT2D eigenvalue weighted by atomic mass is 32.2. The fraction of sp³-hybridized carbons (Fsp3) is 0.304. The van der Waals surface area contributed by atoms with Crippen LogP contribution in [0.15, 0.2) is 56.9 Å². The van der Waals surface area contributed by atoms with Crippen LogP contribution >= 0.6 is 24.0 Å². The topological polar surface area (TPSA) is 79.9 Å². The lowest BCUT2D eigenvalue weighted by Crippen LogP contribution is -2.28. The van der Waals surface area contributed by atoms with Gasteiger partial charge < -0.3 is 9.73 Å². The van der Waals surface area contributed by atoms with Crippen LogP contribution in [0.3, 0.4) is 0 Å². The molecule has 0 atom stereocenters. The van der Waals surface area contributed by atoms with Gasteiger partial charge in [-0.25, -0.2) is 4.98 Å². The van der Waals surface area contributed by atoms with Gasteiger partial charge in [-0.3, -0.25) is 18.9 Å². The van der Waals surface area contributed by atoms with Crippen LogP contribution in [0.5, 0.6) is 0 Å². The van der Waals surface area contributed by atoms with Gasteiger partial charge in [0.2, 0.25) is 0 Å². The highest BCUT2D eigenvalue weighted by Crippen LogP contribution is 2.34. The number of thiocarbonyl (C=S) groups is 1. The molecule has 1 aliphatic heterocycles. The first kappa shape index (κ1) is 21.0. The summed E-state index contributed by atoms with van der Waals surface area (Å²) in [5, 5.41) is 3.48. The number of anilines is 1. The standard InChI is InChI=1S/C23H22N4O3S2/c28-21-17(13-18-22(29)27(23(31)32-18)14-16-9-6-12-30-16)20(24-15-7-2-1-3-8-15)25-19-10-4-5-11-26(19)21/h4-6,9-13,15,24H,1-3,7-8,14H2/b18-13+. The number of aromatic nitrogens is 2. The molecule has 1 saturated heterocycles. The van der Waals surface area contributed by atoms with E-state index in [1.165, 1.54) is 27.5 Å². The second-order valence-corrected chi connectivity index (χ2v) is 9.61. The minimum Gasteiger partial charge on any atom is -0.467 e. The van der Waals surface area contributed by atoms with Gasteiger partial charge in [0.15, 0.2) is 0 Å². The first-order valence-corrected chi connectivity index (χ1v) is 11.9. The Bertz CT molecular complexity index is 1260. The van der Waals surface area contributed by atoms with E-state index in [0.29, 0.717) is 32.0 Å². The Morgan fingerprint density at radius 2 is 2.03 bits per heavy atom. The van der Waals surface area contributed by atoms with Crippen molar-refractivity contribution in [2.45, 2.75) is 44.7 Å². The number of amides is 1. The predicted octanol–water partition coefficient (Wildman–Crippen LogP) is 4.43. The molecule has 1 saturated carbocycles. The molecule has 9 heteroatoms. The van der Waals surface area contributed by atoms with E-state index >= 15 is 0 Å². The Labute approximate surface area is 194 Å². The summed E-state index contributed by atoms with van der Waals surface area (Å²) >= 11 is 6.62. The summed E-state index contributed by atoms with van der Waals surface area (Å²) in [6.45, 7) is 0.261. The van der Waals surface area contributed by atoms with E-state index in [0.717, 1.165) is 25.7 Å². The van der Waals surface area contributed by atoms with Crippen LogP contribution in [0.4, 0.5) is 5.82 Å². The van der Waals surface area contributed by atoms with E-state index in [2.05, 4.69) is 5.32 Å². The first-order valence-electron chi connectivity index (χ1n) is 10.7. The number of hydrogen-bond acceptors (Lipinski definition) is 7. The molecule has 4 heterocycles. The Morgan fingerprint density at radius 1 is 1.19 bits per heavy atom. The average Bonchev–Trinajstić information content (AvgIpc) is 3.41. The third-order valence-electron chi connectivity index (χ3n) is 5.76. The van der Waals surface area contributed by atoms with Gasteiger partial charge in [-0.1, -0.05) is 49.3 Å². The van der Waals surface area contributed by atoms with Crippen molar-refractivity contribution in [3.63, 3.8) is 0 Å². The maximum atomic E-state index is 13.4. The monoisotopic (exact) mass is 466 g/mol. The second-order valence-electron chi connectivity index (χ2n) is 7.93. The Hall–Kier alpha value is -2.91. The maximum absolute atomic E-state index is 13.4. The predicted molar refractivity (Wildman–Crippen MR) is 129 cm³/mol. The number of fused-ring (bicyclic) bond motifs is 1. The third-order valence-corrected chi connectivity index (χ3v) is 7.14. The molecule has 0 spiro atoms. The number of hydrogen-bond donors (Lipinski definition) is 1. The van der Waals surface area contributed by atoms with E-state index in [1.807, 2.05) is 6.07 Å². The van der Waals surface area contributed by atoms with Gasteiger partial charge in [0.25, 0.3) is 11.5 Å². The Balaban J connectivity index is 1.53. The van der Waals surface area contributed by atoms with Crippen LogP contribution < -0.4 is 10.9 Å². The maximum Gasteiger partial charge on any atom is 0.267 e. The molecule has 3 aromatic heterocycles. The van der Waals surface area contributed by atoms with Crippen molar-refractivity contribution in [1.82, 2.24) is 14.3 Å². The van der Waals surface area contributed by atoms with Crippen molar-refractivity contribution in [1.29, 1.82) is 0 Å². The van der Waals surface area contributed by atoms with Gasteiger partial charge >= 0.3 is 0 Å². The summed E-state index contributed by atoms with van der Waals surface area (Å²) in [6, 6.07) is 9.28. The summed E-state index contributed by atoms with van der Waals surface area (Å²) in [7, 11) is 0. The largest absolute Gasteiger partial charge is 0.467 e. The van der Waals surface area contributed by atoms with Gasteiger partial charge in [0.1, 0.15) is 21.5 Å². The molecule has 7 nitrogen and oxygen atoms in total. The molecule has 164 valence electrons. The molecule has 1 aliphatic carbocycles. The van der Waals surface area contributed by atoms with Gasteiger partial charge in [-0.2, -0.15) is 0 Å². The van der Waals surface area contributed by atoms with Gasteiger partial charge in [0, 0.05) is 12.2 Å². The fourth-order valence-electron chi connectivity index (χ4n) is 4.11. The lowest BCUT2D eigenvalue weighted by atomic mass is 9.95. The number of furan rings is 1. The molecule has 5 rings (SSSR count). The summed E-state index contributed by atoms with van der Waals surface area (Å²) in [4.78, 5) is 33.1. The molecule has 0 radical (unpaired) electrons. The summed E-state index contributed by atoms with van der Waals surface area (Å²) < 4.78 is 7.30. The molecule has 3 aromatic rings. The average molecular weight is 467 g/mol. The SMILES string of the molecule is O=C1/C(=C\c2c(NC3CCCCC3)nc3ccccn3c2=O)SC(=S)N1Cc1ccco1. The summed E-state index contributed by atoms with van der Waals surface area (Å²) in [6.07, 6.45) is 10.5. The smallest absolute Gasteiger partial charge is 0.267 e. The zero-order valence-corrected chi connectivity index (χ0v) is 19.0. The number of rotatable bonds is 5. The van der Waals surface area contributed by atoms with Crippen molar-refractivity contribution in [3.8, 4) is 0 Å². The van der Waals surface area contributed by atoms with Crippen LogP contribution in [-0.2, 0) is 11.3 Å². The van der Waals surface area contributed by atoms with Gasteiger partial charge in [0.05, 0.1) is 23.3 Å². The van der Waals surface area contributed by atoms with E-state index in [4.69, 9.17) is 21.6 Å². The number of nitrogens with zero attached hydrogens (tertiary/aromatic N) is 3. The number of carbonyl (C=O) groups is 1. The zero-order valence-electron chi connectivity index (χ0n) is 17.3. The molecule has 2 fully saturated rings. The number of thioether (sulfide) groups is 1. The number of nitrogens with one attached hydrogen (secondary N) is 1.